The molecule has 0 fully saturated rings. The Bertz CT molecular complexity index is 1130. The standard InChI is InChI=1S/C16H14N4.2C2HF3O2/c17-16(18)12-8-7-11-4-3-5-14(13(11)10-12)20-15-6-1-2-9-19-15;2*3-2(4,5)1(6)7/h1-10H,(H3,17,18)(H,19,20);2*(H,6,7). The Balaban J connectivity index is 0.000000343. The number of pyridine rings is 1. The summed E-state index contributed by atoms with van der Waals surface area (Å²) in [6, 6.07) is 17.5. The summed E-state index contributed by atoms with van der Waals surface area (Å²) in [5.74, 6) is -4.66. The number of alkyl halides is 6. The molecule has 0 unspecified atom stereocenters. The molecule has 3 aromatic rings. The normalized spacial score (nSPS) is 10.8. The molecule has 8 nitrogen and oxygen atoms in total. The van der Waals surface area contributed by atoms with E-state index >= 15 is 0 Å². The summed E-state index contributed by atoms with van der Waals surface area (Å²) in [6.45, 7) is 0. The molecule has 6 N–H and O–H groups in total. The molecule has 182 valence electrons. The molecular formula is C20H16F6N4O4. The number of carboxylic acids is 2. The van der Waals surface area contributed by atoms with Gasteiger partial charge >= 0.3 is 24.3 Å². The predicted octanol–water partition coefficient (Wildman–Crippen LogP) is 4.53. The third-order valence-corrected chi connectivity index (χ3v) is 3.61. The summed E-state index contributed by atoms with van der Waals surface area (Å²) < 4.78 is 63.5. The largest absolute Gasteiger partial charge is 0.490 e. The predicted molar refractivity (Wildman–Crippen MR) is 110 cm³/mol. The smallest absolute Gasteiger partial charge is 0.475 e. The molecular weight excluding hydrogens is 474 g/mol. The van der Waals surface area contributed by atoms with Gasteiger partial charge in [0, 0.05) is 22.8 Å². The zero-order chi connectivity index (χ0) is 26.1. The topological polar surface area (TPSA) is 149 Å². The van der Waals surface area contributed by atoms with Crippen molar-refractivity contribution in [2.75, 3.05) is 5.32 Å². The minimum Gasteiger partial charge on any atom is -0.475 e. The van der Waals surface area contributed by atoms with Gasteiger partial charge in [-0.15, -0.1) is 0 Å². The fourth-order valence-corrected chi connectivity index (χ4v) is 2.12. The zero-order valence-corrected chi connectivity index (χ0v) is 16.8. The van der Waals surface area contributed by atoms with E-state index in [1.165, 1.54) is 0 Å². The van der Waals surface area contributed by atoms with Crippen LogP contribution in [0.2, 0.25) is 0 Å². The highest BCUT2D eigenvalue weighted by molar-refractivity contribution is 6.03. The number of rotatable bonds is 3. The quantitative estimate of drug-likeness (QED) is 0.206. The maximum atomic E-state index is 10.6. The molecule has 14 heteroatoms. The van der Waals surface area contributed by atoms with E-state index < -0.39 is 24.3 Å². The van der Waals surface area contributed by atoms with Crippen LogP contribution < -0.4 is 11.1 Å². The lowest BCUT2D eigenvalue weighted by molar-refractivity contribution is -0.193. The molecule has 0 aliphatic carbocycles. The van der Waals surface area contributed by atoms with Gasteiger partial charge in [-0.3, -0.25) is 5.41 Å². The van der Waals surface area contributed by atoms with E-state index in [2.05, 4.69) is 10.3 Å². The summed E-state index contributed by atoms with van der Waals surface area (Å²) in [7, 11) is 0. The third-order valence-electron chi connectivity index (χ3n) is 3.61. The number of aromatic nitrogens is 1. The number of benzene rings is 2. The number of carboxylic acid groups (broad SMARTS) is 2. The van der Waals surface area contributed by atoms with Crippen molar-refractivity contribution in [1.29, 1.82) is 5.41 Å². The molecule has 0 spiro atoms. The number of carbonyl (C=O) groups is 2. The number of halogens is 6. The lowest BCUT2D eigenvalue weighted by Crippen LogP contribution is -2.21. The van der Waals surface area contributed by atoms with Gasteiger partial charge in [0.2, 0.25) is 0 Å². The van der Waals surface area contributed by atoms with Crippen LogP contribution in [0.1, 0.15) is 5.56 Å². The average Bonchev–Trinajstić information content (AvgIpc) is 2.74. The molecule has 0 saturated heterocycles. The lowest BCUT2D eigenvalue weighted by atomic mass is 10.0. The van der Waals surface area contributed by atoms with Gasteiger partial charge < -0.3 is 21.3 Å². The van der Waals surface area contributed by atoms with Gasteiger partial charge in [0.1, 0.15) is 11.7 Å². The first-order valence-corrected chi connectivity index (χ1v) is 8.78. The first-order valence-electron chi connectivity index (χ1n) is 8.78. The Morgan fingerprint density at radius 1 is 0.882 bits per heavy atom. The molecule has 0 amide bonds. The Hall–Kier alpha value is -4.36. The molecule has 0 bridgehead atoms. The third kappa shape index (κ3) is 9.02. The molecule has 1 aromatic heterocycles. The number of aliphatic carboxylic acids is 2. The van der Waals surface area contributed by atoms with Crippen molar-refractivity contribution in [3.63, 3.8) is 0 Å². The van der Waals surface area contributed by atoms with Crippen molar-refractivity contribution in [1.82, 2.24) is 4.98 Å². The Labute approximate surface area is 187 Å². The van der Waals surface area contributed by atoms with E-state index in [0.29, 0.717) is 5.56 Å². The number of fused-ring (bicyclic) bond motifs is 1. The van der Waals surface area contributed by atoms with Crippen molar-refractivity contribution in [2.24, 2.45) is 5.73 Å². The lowest BCUT2D eigenvalue weighted by Gasteiger charge is -2.10. The number of nitrogens with zero attached hydrogens (tertiary/aromatic N) is 1. The van der Waals surface area contributed by atoms with Crippen molar-refractivity contribution in [3.05, 3.63) is 66.4 Å². The van der Waals surface area contributed by atoms with Crippen molar-refractivity contribution < 1.29 is 46.1 Å². The fraction of sp³-hybridized carbons (Fsp3) is 0.100. The maximum absolute atomic E-state index is 10.6. The second kappa shape index (κ2) is 11.5. The first kappa shape index (κ1) is 27.7. The Kier molecular flexibility index (Phi) is 9.35. The van der Waals surface area contributed by atoms with Gasteiger partial charge in [0.05, 0.1) is 0 Å². The highest BCUT2D eigenvalue weighted by Crippen LogP contribution is 2.26. The first-order chi connectivity index (χ1) is 15.6. The number of nitrogen functional groups attached to an aromatic ring is 1. The molecule has 0 aliphatic rings. The van der Waals surface area contributed by atoms with Crippen LogP contribution in [0, 0.1) is 5.41 Å². The van der Waals surface area contributed by atoms with Crippen LogP contribution in [0.25, 0.3) is 10.8 Å². The van der Waals surface area contributed by atoms with Crippen molar-refractivity contribution in [3.8, 4) is 0 Å². The minimum absolute atomic E-state index is 0.0690. The van der Waals surface area contributed by atoms with Crippen LogP contribution >= 0.6 is 0 Å². The van der Waals surface area contributed by atoms with Gasteiger partial charge in [0.25, 0.3) is 0 Å². The van der Waals surface area contributed by atoms with Crippen LogP contribution in [0.15, 0.2) is 60.8 Å². The van der Waals surface area contributed by atoms with Gasteiger partial charge in [-0.25, -0.2) is 14.6 Å². The molecule has 0 radical (unpaired) electrons. The molecule has 0 saturated carbocycles. The number of anilines is 2. The second-order valence-electron chi connectivity index (χ2n) is 6.10. The van der Waals surface area contributed by atoms with Crippen LogP contribution in [-0.4, -0.2) is 45.3 Å². The van der Waals surface area contributed by atoms with E-state index in [4.69, 9.17) is 30.9 Å². The van der Waals surface area contributed by atoms with Crippen LogP contribution in [0.3, 0.4) is 0 Å². The summed E-state index contributed by atoms with van der Waals surface area (Å²) in [5.41, 5.74) is 7.22. The highest BCUT2D eigenvalue weighted by Gasteiger charge is 2.38. The maximum Gasteiger partial charge on any atom is 0.490 e. The van der Waals surface area contributed by atoms with E-state index in [1.807, 2.05) is 54.6 Å². The number of hydrogen-bond acceptors (Lipinski definition) is 5. The van der Waals surface area contributed by atoms with Gasteiger partial charge in [0.15, 0.2) is 0 Å². The Morgan fingerprint density at radius 3 is 1.88 bits per heavy atom. The monoisotopic (exact) mass is 490 g/mol. The van der Waals surface area contributed by atoms with Gasteiger partial charge in [-0.2, -0.15) is 26.3 Å². The summed E-state index contributed by atoms with van der Waals surface area (Å²) in [6.07, 6.45) is -8.42. The number of nitrogens with two attached hydrogens (primary N) is 1. The van der Waals surface area contributed by atoms with Crippen LogP contribution in [0.5, 0.6) is 0 Å². The highest BCUT2D eigenvalue weighted by atomic mass is 19.4. The zero-order valence-electron chi connectivity index (χ0n) is 16.8. The molecule has 3 rings (SSSR count). The van der Waals surface area contributed by atoms with E-state index in [0.717, 1.165) is 22.3 Å². The van der Waals surface area contributed by atoms with Gasteiger partial charge in [-0.1, -0.05) is 30.3 Å². The van der Waals surface area contributed by atoms with Gasteiger partial charge in [-0.05, 0) is 29.7 Å². The summed E-state index contributed by atoms with van der Waals surface area (Å²) in [5, 5.41) is 27.2. The molecule has 0 aliphatic heterocycles. The van der Waals surface area contributed by atoms with Crippen LogP contribution in [-0.2, 0) is 9.59 Å². The molecule has 0 atom stereocenters. The SMILES string of the molecule is N=C(N)c1ccc2cccc(Nc3ccccn3)c2c1.O=C(O)C(F)(F)F.O=C(O)C(F)(F)F. The second-order valence-corrected chi connectivity index (χ2v) is 6.10. The molecule has 2 aromatic carbocycles. The average molecular weight is 490 g/mol. The van der Waals surface area contributed by atoms with E-state index in [9.17, 15) is 26.3 Å². The van der Waals surface area contributed by atoms with Crippen molar-refractivity contribution in [2.45, 2.75) is 12.4 Å². The van der Waals surface area contributed by atoms with Crippen molar-refractivity contribution >= 4 is 40.1 Å². The minimum atomic E-state index is -5.08. The van der Waals surface area contributed by atoms with E-state index in [1.54, 1.807) is 6.20 Å². The number of hydrogen-bond donors (Lipinski definition) is 5. The van der Waals surface area contributed by atoms with Crippen LogP contribution in [0.4, 0.5) is 37.8 Å². The summed E-state index contributed by atoms with van der Waals surface area (Å²) in [4.78, 5) is 22.1. The fourth-order valence-electron chi connectivity index (χ4n) is 2.12. The Morgan fingerprint density at radius 2 is 1.44 bits per heavy atom. The number of nitrogens with one attached hydrogen (secondary N) is 2. The summed E-state index contributed by atoms with van der Waals surface area (Å²) >= 11 is 0. The molecule has 1 heterocycles. The van der Waals surface area contributed by atoms with E-state index in [-0.39, 0.29) is 5.84 Å². The molecule has 34 heavy (non-hydrogen) atoms. The number of amidine groups is 1.